The Morgan fingerprint density at radius 3 is 2.43 bits per heavy atom. The molecule has 23 heavy (non-hydrogen) atoms. The SMILES string of the molecule is CCOc1ccc(C(C)NC(=O)c2cc(F)c(F)cc2Cl)cc1. The van der Waals surface area contributed by atoms with Gasteiger partial charge >= 0.3 is 0 Å². The fraction of sp³-hybridized carbons (Fsp3) is 0.235. The van der Waals surface area contributed by atoms with Crippen LogP contribution in [-0.4, -0.2) is 12.5 Å². The maximum absolute atomic E-state index is 13.3. The van der Waals surface area contributed by atoms with E-state index in [1.165, 1.54) is 0 Å². The summed E-state index contributed by atoms with van der Waals surface area (Å²) in [5.41, 5.74) is 0.740. The molecule has 1 unspecified atom stereocenters. The summed E-state index contributed by atoms with van der Waals surface area (Å²) in [6, 6.07) is 8.48. The van der Waals surface area contributed by atoms with Crippen molar-refractivity contribution in [3.8, 4) is 5.75 Å². The molecule has 2 rings (SSSR count). The quantitative estimate of drug-likeness (QED) is 0.814. The average Bonchev–Trinajstić information content (AvgIpc) is 2.51. The molecule has 0 saturated carbocycles. The Bertz CT molecular complexity index is 704. The van der Waals surface area contributed by atoms with Crippen molar-refractivity contribution >= 4 is 17.5 Å². The van der Waals surface area contributed by atoms with Gasteiger partial charge in [-0.1, -0.05) is 23.7 Å². The van der Waals surface area contributed by atoms with Gasteiger partial charge in [0.1, 0.15) is 5.75 Å². The topological polar surface area (TPSA) is 38.3 Å². The summed E-state index contributed by atoms with van der Waals surface area (Å²) in [6.45, 7) is 4.24. The van der Waals surface area contributed by atoms with Crippen molar-refractivity contribution in [3.05, 3.63) is 64.2 Å². The number of nitrogens with one attached hydrogen (secondary N) is 1. The van der Waals surface area contributed by atoms with E-state index >= 15 is 0 Å². The number of halogens is 3. The van der Waals surface area contributed by atoms with E-state index in [0.29, 0.717) is 6.61 Å². The molecule has 1 N–H and O–H groups in total. The van der Waals surface area contributed by atoms with Crippen LogP contribution >= 0.6 is 11.6 Å². The van der Waals surface area contributed by atoms with Gasteiger partial charge in [-0.25, -0.2) is 8.78 Å². The molecule has 0 fully saturated rings. The molecular formula is C17H16ClF2NO2. The second-order valence-corrected chi connectivity index (χ2v) is 5.35. The largest absolute Gasteiger partial charge is 0.494 e. The Balaban J connectivity index is 2.11. The molecule has 3 nitrogen and oxygen atoms in total. The lowest BCUT2D eigenvalue weighted by Gasteiger charge is -2.15. The molecule has 1 atom stereocenters. The first-order chi connectivity index (χ1) is 10.9. The van der Waals surface area contributed by atoms with E-state index in [1.807, 2.05) is 19.1 Å². The Labute approximate surface area is 138 Å². The molecule has 0 spiro atoms. The highest BCUT2D eigenvalue weighted by atomic mass is 35.5. The number of hydrogen-bond acceptors (Lipinski definition) is 2. The van der Waals surface area contributed by atoms with Crippen molar-refractivity contribution in [2.24, 2.45) is 0 Å². The van der Waals surface area contributed by atoms with Crippen LogP contribution in [0.4, 0.5) is 8.78 Å². The number of amides is 1. The van der Waals surface area contributed by atoms with Gasteiger partial charge in [0, 0.05) is 0 Å². The van der Waals surface area contributed by atoms with Crippen LogP contribution in [0.15, 0.2) is 36.4 Å². The van der Waals surface area contributed by atoms with Crippen molar-refractivity contribution < 1.29 is 18.3 Å². The van der Waals surface area contributed by atoms with Gasteiger partial charge in [-0.2, -0.15) is 0 Å². The second kappa shape index (κ2) is 7.42. The highest BCUT2D eigenvalue weighted by molar-refractivity contribution is 6.33. The highest BCUT2D eigenvalue weighted by Crippen LogP contribution is 2.22. The lowest BCUT2D eigenvalue weighted by molar-refractivity contribution is 0.0939. The number of ether oxygens (including phenoxy) is 1. The molecule has 0 aromatic heterocycles. The molecule has 0 aliphatic heterocycles. The van der Waals surface area contributed by atoms with Gasteiger partial charge in [0.25, 0.3) is 5.91 Å². The van der Waals surface area contributed by atoms with Crippen molar-refractivity contribution in [3.63, 3.8) is 0 Å². The Hall–Kier alpha value is -2.14. The van der Waals surface area contributed by atoms with Crippen molar-refractivity contribution in [1.29, 1.82) is 0 Å². The molecule has 0 bridgehead atoms. The zero-order chi connectivity index (χ0) is 17.0. The molecule has 122 valence electrons. The first-order valence-electron chi connectivity index (χ1n) is 7.10. The minimum absolute atomic E-state index is 0.108. The maximum atomic E-state index is 13.3. The lowest BCUT2D eigenvalue weighted by atomic mass is 10.1. The van der Waals surface area contributed by atoms with Gasteiger partial charge in [0.15, 0.2) is 11.6 Å². The standard InChI is InChI=1S/C17H16ClF2NO2/c1-3-23-12-6-4-11(5-7-12)10(2)21-17(22)13-8-15(19)16(20)9-14(13)18/h4-10H,3H2,1-2H3,(H,21,22). The molecule has 0 aliphatic rings. The molecule has 2 aromatic carbocycles. The van der Waals surface area contributed by atoms with Crippen LogP contribution in [0.5, 0.6) is 5.75 Å². The number of hydrogen-bond donors (Lipinski definition) is 1. The third kappa shape index (κ3) is 4.20. The zero-order valence-corrected chi connectivity index (χ0v) is 13.5. The van der Waals surface area contributed by atoms with Crippen molar-refractivity contribution in [2.75, 3.05) is 6.61 Å². The number of benzene rings is 2. The van der Waals surface area contributed by atoms with E-state index in [0.717, 1.165) is 23.4 Å². The molecule has 0 aliphatic carbocycles. The Kier molecular flexibility index (Phi) is 5.55. The van der Waals surface area contributed by atoms with Gasteiger partial charge in [0.05, 0.1) is 23.2 Å². The maximum Gasteiger partial charge on any atom is 0.253 e. The molecule has 0 heterocycles. The van der Waals surface area contributed by atoms with Gasteiger partial charge < -0.3 is 10.1 Å². The van der Waals surface area contributed by atoms with Crippen LogP contribution in [0, 0.1) is 11.6 Å². The number of carbonyl (C=O) groups is 1. The fourth-order valence-electron chi connectivity index (χ4n) is 2.07. The highest BCUT2D eigenvalue weighted by Gasteiger charge is 2.17. The van der Waals surface area contributed by atoms with E-state index in [4.69, 9.17) is 16.3 Å². The van der Waals surface area contributed by atoms with Crippen LogP contribution in [0.3, 0.4) is 0 Å². The summed E-state index contributed by atoms with van der Waals surface area (Å²) in [6.07, 6.45) is 0. The van der Waals surface area contributed by atoms with E-state index in [1.54, 1.807) is 19.1 Å². The predicted molar refractivity (Wildman–Crippen MR) is 84.9 cm³/mol. The smallest absolute Gasteiger partial charge is 0.253 e. The Morgan fingerprint density at radius 2 is 1.83 bits per heavy atom. The zero-order valence-electron chi connectivity index (χ0n) is 12.7. The van der Waals surface area contributed by atoms with Crippen molar-refractivity contribution in [1.82, 2.24) is 5.32 Å². The minimum Gasteiger partial charge on any atom is -0.494 e. The van der Waals surface area contributed by atoms with Gasteiger partial charge in [0.2, 0.25) is 0 Å². The van der Waals surface area contributed by atoms with Gasteiger partial charge in [-0.15, -0.1) is 0 Å². The second-order valence-electron chi connectivity index (χ2n) is 4.94. The first kappa shape index (κ1) is 17.2. The minimum atomic E-state index is -1.12. The lowest BCUT2D eigenvalue weighted by Crippen LogP contribution is -2.27. The third-order valence-electron chi connectivity index (χ3n) is 3.29. The van der Waals surface area contributed by atoms with E-state index in [-0.39, 0.29) is 16.6 Å². The van der Waals surface area contributed by atoms with Gasteiger partial charge in [-0.05, 0) is 43.7 Å². The van der Waals surface area contributed by atoms with Gasteiger partial charge in [-0.3, -0.25) is 4.79 Å². The van der Waals surface area contributed by atoms with Crippen LogP contribution in [0.1, 0.15) is 35.8 Å². The molecule has 1 amide bonds. The third-order valence-corrected chi connectivity index (χ3v) is 3.61. The summed E-state index contributed by atoms with van der Waals surface area (Å²) in [5, 5.41) is 2.56. The van der Waals surface area contributed by atoms with Crippen LogP contribution in [-0.2, 0) is 0 Å². The van der Waals surface area contributed by atoms with E-state index < -0.39 is 17.5 Å². The summed E-state index contributed by atoms with van der Waals surface area (Å²) in [4.78, 5) is 12.2. The van der Waals surface area contributed by atoms with Crippen LogP contribution in [0.25, 0.3) is 0 Å². The summed E-state index contributed by atoms with van der Waals surface area (Å²) < 4.78 is 31.7. The van der Waals surface area contributed by atoms with Crippen LogP contribution < -0.4 is 10.1 Å². The van der Waals surface area contributed by atoms with E-state index in [2.05, 4.69) is 5.32 Å². The molecule has 0 saturated heterocycles. The number of carbonyl (C=O) groups excluding carboxylic acids is 1. The molecular weight excluding hydrogens is 324 g/mol. The average molecular weight is 340 g/mol. The summed E-state index contributed by atoms with van der Waals surface area (Å²) in [5.74, 6) is -2.05. The summed E-state index contributed by atoms with van der Waals surface area (Å²) in [7, 11) is 0. The molecule has 6 heteroatoms. The van der Waals surface area contributed by atoms with Crippen molar-refractivity contribution in [2.45, 2.75) is 19.9 Å². The number of rotatable bonds is 5. The first-order valence-corrected chi connectivity index (χ1v) is 7.48. The monoisotopic (exact) mass is 339 g/mol. The fourth-order valence-corrected chi connectivity index (χ4v) is 2.31. The predicted octanol–water partition coefficient (Wildman–Crippen LogP) is 4.51. The van der Waals surface area contributed by atoms with E-state index in [9.17, 15) is 13.6 Å². The molecule has 0 radical (unpaired) electrons. The summed E-state index contributed by atoms with van der Waals surface area (Å²) >= 11 is 5.80. The normalized spacial score (nSPS) is 11.9. The Morgan fingerprint density at radius 1 is 1.22 bits per heavy atom. The van der Waals surface area contributed by atoms with Crippen LogP contribution in [0.2, 0.25) is 5.02 Å². The molecule has 2 aromatic rings.